The number of hydrogen-bond acceptors (Lipinski definition) is 2. The predicted molar refractivity (Wildman–Crippen MR) is 64.5 cm³/mol. The van der Waals surface area contributed by atoms with E-state index in [2.05, 4.69) is 30.6 Å². The van der Waals surface area contributed by atoms with Crippen molar-refractivity contribution in [2.24, 2.45) is 4.99 Å². The van der Waals surface area contributed by atoms with Gasteiger partial charge in [0.2, 0.25) is 6.08 Å². The summed E-state index contributed by atoms with van der Waals surface area (Å²) in [7, 11) is 0. The van der Waals surface area contributed by atoms with E-state index in [1.54, 1.807) is 0 Å². The maximum absolute atomic E-state index is 9.32. The first-order valence-electron chi connectivity index (χ1n) is 4.86. The van der Waals surface area contributed by atoms with Crippen LogP contribution in [0.4, 0.5) is 0 Å². The molecule has 0 aliphatic rings. The van der Waals surface area contributed by atoms with Crippen LogP contribution < -0.4 is 0 Å². The van der Waals surface area contributed by atoms with Gasteiger partial charge in [0, 0.05) is 0 Å². The van der Waals surface area contributed by atoms with E-state index in [0.717, 1.165) is 0 Å². The summed E-state index contributed by atoms with van der Waals surface area (Å²) in [6, 6.07) is 8.29. The van der Waals surface area contributed by atoms with Crippen molar-refractivity contribution in [1.82, 2.24) is 0 Å². The van der Waals surface area contributed by atoms with Crippen molar-refractivity contribution in [3.8, 4) is 0 Å². The maximum Gasteiger partial charge on any atom is 0.235 e. The smallest absolute Gasteiger partial charge is 0.211 e. The average Bonchev–Trinajstić information content (AvgIpc) is 2.19. The van der Waals surface area contributed by atoms with E-state index in [9.17, 15) is 4.79 Å². The molecular formula is C13H17NO. The molecule has 0 aliphatic carbocycles. The average molecular weight is 203 g/mol. The number of hydrogen-bond donors (Lipinski definition) is 0. The molecule has 1 rings (SSSR count). The van der Waals surface area contributed by atoms with E-state index in [4.69, 9.17) is 0 Å². The van der Waals surface area contributed by atoms with E-state index in [0.29, 0.717) is 0 Å². The predicted octanol–water partition coefficient (Wildman–Crippen LogP) is 3.37. The van der Waals surface area contributed by atoms with Gasteiger partial charge in [-0.25, -0.2) is 9.79 Å². The molecule has 0 saturated carbocycles. The number of isocyanates is 1. The van der Waals surface area contributed by atoms with E-state index >= 15 is 0 Å². The molecule has 2 heteroatoms. The van der Waals surface area contributed by atoms with Crippen LogP contribution in [0.1, 0.15) is 25.0 Å². The van der Waals surface area contributed by atoms with Gasteiger partial charge >= 0.3 is 0 Å². The van der Waals surface area contributed by atoms with Gasteiger partial charge in [-0.3, -0.25) is 0 Å². The third-order valence-corrected chi connectivity index (χ3v) is 1.72. The molecule has 1 aromatic carbocycles. The van der Waals surface area contributed by atoms with E-state index < -0.39 is 0 Å². The highest BCUT2D eigenvalue weighted by atomic mass is 16.1. The molecule has 80 valence electrons. The van der Waals surface area contributed by atoms with Crippen LogP contribution in [0, 0.1) is 6.92 Å². The molecule has 0 saturated heterocycles. The van der Waals surface area contributed by atoms with Crippen LogP contribution in [-0.4, -0.2) is 12.1 Å². The summed E-state index contributed by atoms with van der Waals surface area (Å²) in [6.07, 6.45) is 3.31. The quantitative estimate of drug-likeness (QED) is 0.535. The van der Waals surface area contributed by atoms with E-state index in [1.807, 2.05) is 32.1 Å². The fraction of sp³-hybridized carbons (Fsp3) is 0.308. The Morgan fingerprint density at radius 2 is 2.00 bits per heavy atom. The Labute approximate surface area is 91.4 Å². The fourth-order valence-electron chi connectivity index (χ4n) is 0.921. The number of aryl methyl sites for hydroxylation is 1. The molecule has 0 aromatic heterocycles. The molecule has 1 aromatic rings. The van der Waals surface area contributed by atoms with Crippen LogP contribution in [0.2, 0.25) is 0 Å². The minimum atomic E-state index is 0.0995. The molecule has 15 heavy (non-hydrogen) atoms. The summed E-state index contributed by atoms with van der Waals surface area (Å²) >= 11 is 0. The van der Waals surface area contributed by atoms with Gasteiger partial charge in [0.1, 0.15) is 0 Å². The van der Waals surface area contributed by atoms with Crippen molar-refractivity contribution in [1.29, 1.82) is 0 Å². The molecule has 0 N–H and O–H groups in total. The molecule has 0 radical (unpaired) electrons. The first-order chi connectivity index (χ1) is 7.11. The molecule has 0 bridgehead atoms. The largest absolute Gasteiger partial charge is 0.235 e. The van der Waals surface area contributed by atoms with Gasteiger partial charge in [-0.05, 0) is 31.9 Å². The summed E-state index contributed by atoms with van der Waals surface area (Å²) in [5, 5.41) is 0. The number of rotatable bonds is 2. The summed E-state index contributed by atoms with van der Waals surface area (Å²) in [4.78, 5) is 12.6. The third-order valence-electron chi connectivity index (χ3n) is 1.72. The third kappa shape index (κ3) is 6.42. The first-order valence-corrected chi connectivity index (χ1v) is 4.86. The molecule has 0 amide bonds. The standard InChI is InChI=1S/C9H10.C4H7NO/c1-3-9-7-5-4-6-8(9)2;1-4(2)5-3-6/h3-7H,1H2,2H3;4H,1-2H3. The van der Waals surface area contributed by atoms with Crippen LogP contribution in [0.25, 0.3) is 6.08 Å². The zero-order chi connectivity index (χ0) is 11.7. The molecule has 2 nitrogen and oxygen atoms in total. The molecule has 0 atom stereocenters. The van der Waals surface area contributed by atoms with Crippen molar-refractivity contribution in [2.45, 2.75) is 26.8 Å². The maximum atomic E-state index is 9.32. The highest BCUT2D eigenvalue weighted by molar-refractivity contribution is 5.50. The monoisotopic (exact) mass is 203 g/mol. The summed E-state index contributed by atoms with van der Waals surface area (Å²) in [5.74, 6) is 0. The van der Waals surface area contributed by atoms with E-state index in [-0.39, 0.29) is 6.04 Å². The Morgan fingerprint density at radius 3 is 2.27 bits per heavy atom. The normalized spacial score (nSPS) is 8.53. The van der Waals surface area contributed by atoms with Crippen LogP contribution in [-0.2, 0) is 4.79 Å². The summed E-state index contributed by atoms with van der Waals surface area (Å²) in [5.41, 5.74) is 2.50. The number of aliphatic imine (C=N–C) groups is 1. The van der Waals surface area contributed by atoms with Crippen molar-refractivity contribution >= 4 is 12.2 Å². The highest BCUT2D eigenvalue weighted by Crippen LogP contribution is 2.06. The lowest BCUT2D eigenvalue weighted by atomic mass is 10.1. The van der Waals surface area contributed by atoms with Crippen LogP contribution in [0.3, 0.4) is 0 Å². The second kappa shape index (κ2) is 7.72. The fourth-order valence-corrected chi connectivity index (χ4v) is 0.921. The lowest BCUT2D eigenvalue weighted by molar-refractivity contribution is 0.560. The minimum Gasteiger partial charge on any atom is -0.211 e. The first kappa shape index (κ1) is 13.3. The van der Waals surface area contributed by atoms with E-state index in [1.165, 1.54) is 17.2 Å². The second-order valence-corrected chi connectivity index (χ2v) is 3.37. The van der Waals surface area contributed by atoms with Crippen molar-refractivity contribution in [3.05, 3.63) is 42.0 Å². The SMILES string of the molecule is C=Cc1ccccc1C.CC(C)N=C=O. The molecule has 0 spiro atoms. The zero-order valence-electron chi connectivity index (χ0n) is 9.53. The molecular weight excluding hydrogens is 186 g/mol. The van der Waals surface area contributed by atoms with Crippen molar-refractivity contribution < 1.29 is 4.79 Å². The highest BCUT2D eigenvalue weighted by Gasteiger charge is 1.86. The van der Waals surface area contributed by atoms with Gasteiger partial charge < -0.3 is 0 Å². The van der Waals surface area contributed by atoms with Gasteiger partial charge in [-0.2, -0.15) is 0 Å². The Balaban J connectivity index is 0.000000288. The Hall–Kier alpha value is -1.66. The molecule has 0 unspecified atom stereocenters. The lowest BCUT2D eigenvalue weighted by Gasteiger charge is -1.95. The Bertz CT molecular complexity index is 349. The van der Waals surface area contributed by atoms with Crippen molar-refractivity contribution in [3.63, 3.8) is 0 Å². The van der Waals surface area contributed by atoms with Gasteiger partial charge in [0.25, 0.3) is 0 Å². The van der Waals surface area contributed by atoms with Crippen LogP contribution >= 0.6 is 0 Å². The molecule has 0 heterocycles. The van der Waals surface area contributed by atoms with Gasteiger partial charge in [0.05, 0.1) is 6.04 Å². The minimum absolute atomic E-state index is 0.0995. The second-order valence-electron chi connectivity index (χ2n) is 3.37. The number of nitrogens with zero attached hydrogens (tertiary/aromatic N) is 1. The molecule has 0 aliphatic heterocycles. The van der Waals surface area contributed by atoms with Gasteiger partial charge in [-0.15, -0.1) is 0 Å². The Kier molecular flexibility index (Phi) is 6.86. The van der Waals surface area contributed by atoms with Gasteiger partial charge in [-0.1, -0.05) is 36.9 Å². The lowest BCUT2D eigenvalue weighted by Crippen LogP contribution is -1.83. The van der Waals surface area contributed by atoms with Crippen LogP contribution in [0.5, 0.6) is 0 Å². The molecule has 0 fully saturated rings. The van der Waals surface area contributed by atoms with Crippen molar-refractivity contribution in [2.75, 3.05) is 0 Å². The number of carbonyl (C=O) groups excluding carboxylic acids is 1. The topological polar surface area (TPSA) is 29.4 Å². The summed E-state index contributed by atoms with van der Waals surface area (Å²) in [6.45, 7) is 9.42. The summed E-state index contributed by atoms with van der Waals surface area (Å²) < 4.78 is 0. The van der Waals surface area contributed by atoms with Crippen LogP contribution in [0.15, 0.2) is 35.8 Å². The number of benzene rings is 1. The van der Waals surface area contributed by atoms with Gasteiger partial charge in [0.15, 0.2) is 0 Å². The zero-order valence-corrected chi connectivity index (χ0v) is 9.53. The Morgan fingerprint density at radius 1 is 1.40 bits per heavy atom.